The van der Waals surface area contributed by atoms with E-state index in [0.717, 1.165) is 30.3 Å². The van der Waals surface area contributed by atoms with Gasteiger partial charge in [0.25, 0.3) is 5.91 Å². The van der Waals surface area contributed by atoms with Gasteiger partial charge in [0.15, 0.2) is 0 Å². The molecule has 1 aromatic rings. The van der Waals surface area contributed by atoms with Crippen molar-refractivity contribution in [2.75, 3.05) is 18.4 Å². The second-order valence-corrected chi connectivity index (χ2v) is 6.40. The van der Waals surface area contributed by atoms with E-state index in [1.54, 1.807) is 4.90 Å². The minimum Gasteiger partial charge on any atom is -0.335 e. The van der Waals surface area contributed by atoms with Crippen molar-refractivity contribution in [3.8, 4) is 0 Å². The van der Waals surface area contributed by atoms with Crippen molar-refractivity contribution < 1.29 is 22.8 Å². The molecular formula is C16H13F3N2O2S. The fourth-order valence-corrected chi connectivity index (χ4v) is 3.28. The number of thioether (sulfide) groups is 1. The lowest BCUT2D eigenvalue weighted by molar-refractivity contribution is -0.137. The number of carbonyl (C=O) groups excluding carboxylic acids is 2. The normalized spacial score (nSPS) is 19.2. The highest BCUT2D eigenvalue weighted by molar-refractivity contribution is 8.04. The molecule has 0 aromatic heterocycles. The number of nitrogens with one attached hydrogen (secondary N) is 1. The molecule has 0 unspecified atom stereocenters. The lowest BCUT2D eigenvalue weighted by Gasteiger charge is -2.23. The standard InChI is InChI=1S/C16H13F3N2O2S/c17-16(18,19)10-4-5-12-11(8-10)20-15(23)13(24-12)9-14(22)21-6-2-1-3-7-21/h1-2,4-5,8-9H,3,6-7H2,(H,20,23)/b13-9+. The molecule has 1 aromatic carbocycles. The molecular weight excluding hydrogens is 341 g/mol. The predicted molar refractivity (Wildman–Crippen MR) is 84.4 cm³/mol. The van der Waals surface area contributed by atoms with Crippen LogP contribution < -0.4 is 5.32 Å². The number of amides is 2. The zero-order chi connectivity index (χ0) is 17.3. The topological polar surface area (TPSA) is 49.4 Å². The van der Waals surface area contributed by atoms with E-state index in [2.05, 4.69) is 5.32 Å². The highest BCUT2D eigenvalue weighted by atomic mass is 32.2. The van der Waals surface area contributed by atoms with Crippen molar-refractivity contribution in [1.29, 1.82) is 0 Å². The molecule has 2 aliphatic rings. The van der Waals surface area contributed by atoms with Crippen LogP contribution in [0.2, 0.25) is 0 Å². The minimum absolute atomic E-state index is 0.102. The highest BCUT2D eigenvalue weighted by Crippen LogP contribution is 2.41. The van der Waals surface area contributed by atoms with Crippen LogP contribution in [-0.2, 0) is 15.8 Å². The SMILES string of the molecule is O=C1Nc2cc(C(F)(F)F)ccc2S/C1=C/C(=O)N1CC=CCC1. The van der Waals surface area contributed by atoms with Crippen molar-refractivity contribution in [3.05, 3.63) is 46.9 Å². The molecule has 0 saturated heterocycles. The Balaban J connectivity index is 1.82. The van der Waals surface area contributed by atoms with Crippen LogP contribution in [0.3, 0.4) is 0 Å². The fourth-order valence-electron chi connectivity index (χ4n) is 2.38. The number of hydrogen-bond acceptors (Lipinski definition) is 3. The minimum atomic E-state index is -4.47. The summed E-state index contributed by atoms with van der Waals surface area (Å²) in [7, 11) is 0. The van der Waals surface area contributed by atoms with Crippen LogP contribution in [-0.4, -0.2) is 29.8 Å². The van der Waals surface area contributed by atoms with Crippen LogP contribution >= 0.6 is 11.8 Å². The Kier molecular flexibility index (Phi) is 4.40. The van der Waals surface area contributed by atoms with Gasteiger partial charge in [0, 0.05) is 24.1 Å². The largest absolute Gasteiger partial charge is 0.416 e. The number of anilines is 1. The van der Waals surface area contributed by atoms with E-state index in [1.807, 2.05) is 12.2 Å². The van der Waals surface area contributed by atoms with Gasteiger partial charge in [-0.05, 0) is 24.6 Å². The molecule has 8 heteroatoms. The molecule has 2 heterocycles. The Morgan fingerprint density at radius 2 is 2.08 bits per heavy atom. The van der Waals surface area contributed by atoms with Gasteiger partial charge in [-0.2, -0.15) is 13.2 Å². The Bertz CT molecular complexity index is 756. The van der Waals surface area contributed by atoms with E-state index in [4.69, 9.17) is 0 Å². The van der Waals surface area contributed by atoms with Crippen LogP contribution in [0.1, 0.15) is 12.0 Å². The van der Waals surface area contributed by atoms with E-state index in [-0.39, 0.29) is 16.5 Å². The molecule has 3 rings (SSSR count). The van der Waals surface area contributed by atoms with Crippen LogP contribution in [0.5, 0.6) is 0 Å². The highest BCUT2D eigenvalue weighted by Gasteiger charge is 2.32. The predicted octanol–water partition coefficient (Wildman–Crippen LogP) is 3.42. The van der Waals surface area contributed by atoms with Crippen molar-refractivity contribution >= 4 is 29.3 Å². The zero-order valence-corrected chi connectivity index (χ0v) is 13.2. The summed E-state index contributed by atoms with van der Waals surface area (Å²) < 4.78 is 38.2. The summed E-state index contributed by atoms with van der Waals surface area (Å²) in [6.45, 7) is 1.07. The number of alkyl halides is 3. The first kappa shape index (κ1) is 16.6. The molecule has 4 nitrogen and oxygen atoms in total. The molecule has 0 spiro atoms. The van der Waals surface area contributed by atoms with Crippen molar-refractivity contribution in [1.82, 2.24) is 4.90 Å². The summed E-state index contributed by atoms with van der Waals surface area (Å²) in [6, 6.07) is 3.15. The lowest BCUT2D eigenvalue weighted by Crippen LogP contribution is -2.33. The lowest BCUT2D eigenvalue weighted by atomic mass is 10.2. The van der Waals surface area contributed by atoms with Gasteiger partial charge in [0.2, 0.25) is 5.91 Å². The first-order valence-electron chi connectivity index (χ1n) is 7.20. The molecule has 1 N–H and O–H groups in total. The fraction of sp³-hybridized carbons (Fsp3) is 0.250. The van der Waals surface area contributed by atoms with Gasteiger partial charge in [-0.25, -0.2) is 0 Å². The summed E-state index contributed by atoms with van der Waals surface area (Å²) in [5.41, 5.74) is -0.726. The van der Waals surface area contributed by atoms with E-state index in [1.165, 1.54) is 12.1 Å². The number of halogens is 3. The second kappa shape index (κ2) is 6.35. The third kappa shape index (κ3) is 3.48. The molecule has 2 aliphatic heterocycles. The average molecular weight is 354 g/mol. The van der Waals surface area contributed by atoms with Gasteiger partial charge in [0.05, 0.1) is 16.2 Å². The molecule has 0 atom stereocenters. The van der Waals surface area contributed by atoms with Gasteiger partial charge in [0.1, 0.15) is 0 Å². The maximum atomic E-state index is 12.7. The van der Waals surface area contributed by atoms with Crippen LogP contribution in [0, 0.1) is 0 Å². The van der Waals surface area contributed by atoms with E-state index >= 15 is 0 Å². The molecule has 0 saturated carbocycles. The Morgan fingerprint density at radius 3 is 2.75 bits per heavy atom. The monoisotopic (exact) mass is 354 g/mol. The zero-order valence-electron chi connectivity index (χ0n) is 12.4. The van der Waals surface area contributed by atoms with Crippen molar-refractivity contribution in [2.24, 2.45) is 0 Å². The van der Waals surface area contributed by atoms with Crippen LogP contribution in [0.15, 0.2) is 46.2 Å². The maximum Gasteiger partial charge on any atom is 0.416 e. The molecule has 0 fully saturated rings. The van der Waals surface area contributed by atoms with E-state index in [9.17, 15) is 22.8 Å². The molecule has 24 heavy (non-hydrogen) atoms. The summed E-state index contributed by atoms with van der Waals surface area (Å²) >= 11 is 0.993. The van der Waals surface area contributed by atoms with Gasteiger partial charge in [-0.3, -0.25) is 9.59 Å². The number of hydrogen-bond donors (Lipinski definition) is 1. The molecule has 0 radical (unpaired) electrons. The molecule has 0 aliphatic carbocycles. The van der Waals surface area contributed by atoms with Crippen molar-refractivity contribution in [2.45, 2.75) is 17.5 Å². The Hall–Kier alpha value is -2.22. The summed E-state index contributed by atoms with van der Waals surface area (Å²) in [6.07, 6.45) is 1.38. The van der Waals surface area contributed by atoms with Crippen LogP contribution in [0.25, 0.3) is 0 Å². The molecule has 0 bridgehead atoms. The molecule has 2 amide bonds. The quantitative estimate of drug-likeness (QED) is 0.621. The van der Waals surface area contributed by atoms with E-state index < -0.39 is 17.6 Å². The van der Waals surface area contributed by atoms with E-state index in [0.29, 0.717) is 18.0 Å². The summed E-state index contributed by atoms with van der Waals surface area (Å²) in [5, 5.41) is 2.42. The van der Waals surface area contributed by atoms with Gasteiger partial charge >= 0.3 is 6.18 Å². The Morgan fingerprint density at radius 1 is 1.29 bits per heavy atom. The number of fused-ring (bicyclic) bond motifs is 1. The van der Waals surface area contributed by atoms with Gasteiger partial charge in [-0.15, -0.1) is 0 Å². The first-order valence-corrected chi connectivity index (χ1v) is 8.02. The Labute approximate surface area is 140 Å². The number of rotatable bonds is 1. The third-order valence-electron chi connectivity index (χ3n) is 3.62. The van der Waals surface area contributed by atoms with Gasteiger partial charge < -0.3 is 10.2 Å². The smallest absolute Gasteiger partial charge is 0.335 e. The second-order valence-electron chi connectivity index (χ2n) is 5.32. The summed E-state index contributed by atoms with van der Waals surface area (Å²) in [5.74, 6) is -0.861. The first-order chi connectivity index (χ1) is 11.3. The van der Waals surface area contributed by atoms with Crippen molar-refractivity contribution in [3.63, 3.8) is 0 Å². The third-order valence-corrected chi connectivity index (χ3v) is 4.72. The molecule has 126 valence electrons. The van der Waals surface area contributed by atoms with Crippen LogP contribution in [0.4, 0.5) is 18.9 Å². The maximum absolute atomic E-state index is 12.7. The average Bonchev–Trinajstić information content (AvgIpc) is 2.55. The summed E-state index contributed by atoms with van der Waals surface area (Å²) in [4.78, 5) is 26.5. The number of carbonyl (C=O) groups is 2. The number of nitrogens with zero attached hydrogens (tertiary/aromatic N) is 1. The van der Waals surface area contributed by atoms with Gasteiger partial charge in [-0.1, -0.05) is 23.9 Å². The number of benzene rings is 1.